The number of urea groups is 1. The molecule has 0 heterocycles. The zero-order valence-electron chi connectivity index (χ0n) is 13.2. The Kier molecular flexibility index (Phi) is 6.21. The van der Waals surface area contributed by atoms with Gasteiger partial charge in [-0.3, -0.25) is 0 Å². The maximum atomic E-state index is 11.9. The lowest BCUT2D eigenvalue weighted by atomic mass is 9.80. The van der Waals surface area contributed by atoms with E-state index in [4.69, 9.17) is 4.74 Å². The van der Waals surface area contributed by atoms with Crippen molar-refractivity contribution in [3.63, 3.8) is 0 Å². The van der Waals surface area contributed by atoms with Gasteiger partial charge in [-0.15, -0.1) is 0 Å². The number of carbonyl (C=O) groups excluding carboxylic acids is 1. The van der Waals surface area contributed by atoms with Crippen molar-refractivity contribution in [1.82, 2.24) is 10.6 Å². The summed E-state index contributed by atoms with van der Waals surface area (Å²) in [6.07, 6.45) is 3.79. The number of aliphatic hydroxyl groups is 1. The van der Waals surface area contributed by atoms with Crippen LogP contribution in [0, 0.1) is 0 Å². The molecule has 0 aliphatic heterocycles. The molecule has 122 valence electrons. The van der Waals surface area contributed by atoms with Crippen LogP contribution in [0.1, 0.15) is 37.2 Å². The van der Waals surface area contributed by atoms with Crippen LogP contribution in [0.2, 0.25) is 0 Å². The van der Waals surface area contributed by atoms with Gasteiger partial charge in [-0.1, -0.05) is 30.3 Å². The van der Waals surface area contributed by atoms with E-state index in [9.17, 15) is 9.90 Å². The van der Waals surface area contributed by atoms with Gasteiger partial charge in [0.2, 0.25) is 0 Å². The first kappa shape index (κ1) is 16.8. The van der Waals surface area contributed by atoms with E-state index in [1.165, 1.54) is 0 Å². The highest BCUT2D eigenvalue weighted by Gasteiger charge is 2.37. The second-order valence-corrected chi connectivity index (χ2v) is 5.92. The number of nitrogens with one attached hydrogen (secondary N) is 2. The summed E-state index contributed by atoms with van der Waals surface area (Å²) >= 11 is 0. The molecule has 1 aliphatic carbocycles. The van der Waals surface area contributed by atoms with Crippen molar-refractivity contribution in [2.75, 3.05) is 26.8 Å². The first-order valence-electron chi connectivity index (χ1n) is 7.92. The number of hydrogen-bond donors (Lipinski definition) is 3. The Morgan fingerprint density at radius 3 is 2.59 bits per heavy atom. The first-order valence-corrected chi connectivity index (χ1v) is 7.92. The molecule has 0 bridgehead atoms. The van der Waals surface area contributed by atoms with Crippen molar-refractivity contribution in [2.24, 2.45) is 0 Å². The molecule has 5 heteroatoms. The Morgan fingerprint density at radius 2 is 2.05 bits per heavy atom. The maximum Gasteiger partial charge on any atom is 0.314 e. The quantitative estimate of drug-likeness (QED) is 0.688. The summed E-state index contributed by atoms with van der Waals surface area (Å²) in [5.74, 6) is 0.122. The van der Waals surface area contributed by atoms with E-state index in [0.717, 1.165) is 24.8 Å². The van der Waals surface area contributed by atoms with Crippen molar-refractivity contribution in [3.05, 3.63) is 35.9 Å². The van der Waals surface area contributed by atoms with Gasteiger partial charge in [-0.2, -0.15) is 0 Å². The molecule has 1 saturated carbocycles. The number of methoxy groups -OCH3 is 1. The molecule has 5 nitrogen and oxygen atoms in total. The van der Waals surface area contributed by atoms with Gasteiger partial charge in [0.15, 0.2) is 0 Å². The number of amides is 2. The van der Waals surface area contributed by atoms with E-state index in [1.54, 1.807) is 7.11 Å². The topological polar surface area (TPSA) is 70.6 Å². The van der Waals surface area contributed by atoms with Crippen molar-refractivity contribution < 1.29 is 14.6 Å². The first-order chi connectivity index (χ1) is 10.7. The van der Waals surface area contributed by atoms with Crippen molar-refractivity contribution in [3.8, 4) is 0 Å². The van der Waals surface area contributed by atoms with Crippen LogP contribution in [-0.2, 0) is 4.74 Å². The average molecular weight is 306 g/mol. The third-order valence-electron chi connectivity index (χ3n) is 4.53. The lowest BCUT2D eigenvalue weighted by Crippen LogP contribution is -2.51. The zero-order chi connectivity index (χ0) is 15.8. The molecule has 0 aromatic heterocycles. The molecule has 1 atom stereocenters. The van der Waals surface area contributed by atoms with Crippen LogP contribution in [0.25, 0.3) is 0 Å². The number of carbonyl (C=O) groups is 1. The molecule has 1 aromatic rings. The van der Waals surface area contributed by atoms with Gasteiger partial charge < -0.3 is 20.5 Å². The molecule has 2 rings (SSSR count). The summed E-state index contributed by atoms with van der Waals surface area (Å²) in [5.41, 5.74) is 0.963. The normalized spacial score (nSPS) is 17.4. The molecule has 22 heavy (non-hydrogen) atoms. The van der Waals surface area contributed by atoms with Crippen molar-refractivity contribution in [1.29, 1.82) is 0 Å². The minimum atomic E-state index is -0.179. The fourth-order valence-electron chi connectivity index (χ4n) is 2.81. The number of rotatable bonds is 8. The third kappa shape index (κ3) is 4.45. The Hall–Kier alpha value is -1.59. The molecule has 2 amide bonds. The number of benzene rings is 1. The van der Waals surface area contributed by atoms with E-state index in [-0.39, 0.29) is 24.2 Å². The van der Waals surface area contributed by atoms with Gasteiger partial charge in [-0.25, -0.2) is 4.79 Å². The van der Waals surface area contributed by atoms with E-state index in [1.807, 2.05) is 30.3 Å². The smallest absolute Gasteiger partial charge is 0.314 e. The maximum absolute atomic E-state index is 11.9. The summed E-state index contributed by atoms with van der Waals surface area (Å²) in [5, 5.41) is 15.0. The fourth-order valence-corrected chi connectivity index (χ4v) is 2.81. The van der Waals surface area contributed by atoms with Crippen LogP contribution in [0.3, 0.4) is 0 Å². The van der Waals surface area contributed by atoms with E-state index in [0.29, 0.717) is 19.5 Å². The van der Waals surface area contributed by atoms with E-state index >= 15 is 0 Å². The summed E-state index contributed by atoms with van der Waals surface area (Å²) in [4.78, 5) is 11.9. The van der Waals surface area contributed by atoms with Gasteiger partial charge in [0, 0.05) is 32.7 Å². The minimum Gasteiger partial charge on any atom is -0.396 e. The SMILES string of the molecule is COC1(CNC(=O)NCC(CCO)c2ccccc2)CCC1. The highest BCUT2D eigenvalue weighted by atomic mass is 16.5. The molecule has 3 N–H and O–H groups in total. The summed E-state index contributed by atoms with van der Waals surface area (Å²) in [7, 11) is 1.70. The van der Waals surface area contributed by atoms with Crippen LogP contribution < -0.4 is 10.6 Å². The van der Waals surface area contributed by atoms with Gasteiger partial charge in [-0.05, 0) is 31.2 Å². The van der Waals surface area contributed by atoms with Gasteiger partial charge >= 0.3 is 6.03 Å². The minimum absolute atomic E-state index is 0.107. The standard InChI is InChI=1S/C17H26N2O3/c1-22-17(9-5-10-17)13-19-16(21)18-12-15(8-11-20)14-6-3-2-4-7-14/h2-4,6-7,15,20H,5,8-13H2,1H3,(H2,18,19,21). The lowest BCUT2D eigenvalue weighted by molar-refractivity contribution is -0.0673. The van der Waals surface area contributed by atoms with E-state index in [2.05, 4.69) is 10.6 Å². The third-order valence-corrected chi connectivity index (χ3v) is 4.53. The Morgan fingerprint density at radius 1 is 1.32 bits per heavy atom. The molecule has 1 aliphatic rings. The van der Waals surface area contributed by atoms with Crippen molar-refractivity contribution >= 4 is 6.03 Å². The molecule has 0 spiro atoms. The average Bonchev–Trinajstić information content (AvgIpc) is 2.51. The molecular weight excluding hydrogens is 280 g/mol. The van der Waals surface area contributed by atoms with E-state index < -0.39 is 0 Å². The molecular formula is C17H26N2O3. The fraction of sp³-hybridized carbons (Fsp3) is 0.588. The number of ether oxygens (including phenoxy) is 1. The van der Waals surface area contributed by atoms with Crippen LogP contribution in [0.4, 0.5) is 4.79 Å². The summed E-state index contributed by atoms with van der Waals surface area (Å²) in [6, 6.07) is 9.77. The number of hydrogen-bond acceptors (Lipinski definition) is 3. The predicted molar refractivity (Wildman–Crippen MR) is 85.9 cm³/mol. The molecule has 1 aromatic carbocycles. The monoisotopic (exact) mass is 306 g/mol. The second-order valence-electron chi connectivity index (χ2n) is 5.92. The summed E-state index contributed by atoms with van der Waals surface area (Å²) < 4.78 is 5.48. The zero-order valence-corrected chi connectivity index (χ0v) is 13.2. The van der Waals surface area contributed by atoms with Crippen LogP contribution in [0.15, 0.2) is 30.3 Å². The van der Waals surface area contributed by atoms with Crippen LogP contribution in [0.5, 0.6) is 0 Å². The molecule has 0 saturated heterocycles. The van der Waals surface area contributed by atoms with Gasteiger partial charge in [0.05, 0.1) is 5.60 Å². The molecule has 1 unspecified atom stereocenters. The van der Waals surface area contributed by atoms with Crippen LogP contribution in [-0.4, -0.2) is 43.5 Å². The Bertz CT molecular complexity index is 455. The summed E-state index contributed by atoms with van der Waals surface area (Å²) in [6.45, 7) is 1.16. The number of aliphatic hydroxyl groups excluding tert-OH is 1. The molecule has 0 radical (unpaired) electrons. The highest BCUT2D eigenvalue weighted by molar-refractivity contribution is 5.74. The van der Waals surface area contributed by atoms with Crippen LogP contribution >= 0.6 is 0 Å². The predicted octanol–water partition coefficient (Wildman–Crippen LogP) is 2.02. The lowest BCUT2D eigenvalue weighted by Gasteiger charge is -2.40. The Labute approximate surface area is 132 Å². The van der Waals surface area contributed by atoms with Gasteiger partial charge in [0.1, 0.15) is 0 Å². The van der Waals surface area contributed by atoms with Gasteiger partial charge in [0.25, 0.3) is 0 Å². The molecule has 1 fully saturated rings. The highest BCUT2D eigenvalue weighted by Crippen LogP contribution is 2.34. The second kappa shape index (κ2) is 8.15. The largest absolute Gasteiger partial charge is 0.396 e. The Balaban J connectivity index is 1.78. The van der Waals surface area contributed by atoms with Crippen molar-refractivity contribution in [2.45, 2.75) is 37.2 Å².